The molecule has 0 aliphatic carbocycles. The number of primary amides is 1. The number of carbonyl (C=O) groups is 1. The van der Waals surface area contributed by atoms with Gasteiger partial charge in [-0.15, -0.1) is 0 Å². The van der Waals surface area contributed by atoms with Gasteiger partial charge < -0.3 is 15.8 Å². The van der Waals surface area contributed by atoms with Crippen molar-refractivity contribution in [2.24, 2.45) is 5.73 Å². The molecule has 1 fully saturated rings. The van der Waals surface area contributed by atoms with E-state index in [-0.39, 0.29) is 5.91 Å². The molecule has 2 atom stereocenters. The van der Waals surface area contributed by atoms with E-state index in [2.05, 4.69) is 17.1 Å². The topological polar surface area (TPSA) is 67.6 Å². The van der Waals surface area contributed by atoms with Crippen molar-refractivity contribution in [3.63, 3.8) is 0 Å². The van der Waals surface area contributed by atoms with Crippen molar-refractivity contribution in [3.8, 4) is 0 Å². The lowest BCUT2D eigenvalue weighted by Crippen LogP contribution is -2.51. The smallest absolute Gasteiger partial charge is 0.237 e. The summed E-state index contributed by atoms with van der Waals surface area (Å²) in [4.78, 5) is 13.8. The number of hydrogen-bond donors (Lipinski definition) is 2. The van der Waals surface area contributed by atoms with Crippen molar-refractivity contribution in [2.75, 3.05) is 33.3 Å². The summed E-state index contributed by atoms with van der Waals surface area (Å²) >= 11 is 0. The molecule has 1 saturated heterocycles. The van der Waals surface area contributed by atoms with Gasteiger partial charge in [-0.2, -0.15) is 0 Å². The molecule has 1 rings (SSSR count). The second-order valence-corrected chi connectivity index (χ2v) is 5.61. The summed E-state index contributed by atoms with van der Waals surface area (Å²) in [5.74, 6) is -0.271. The van der Waals surface area contributed by atoms with Gasteiger partial charge in [0.05, 0.1) is 18.2 Å². The second-order valence-electron chi connectivity index (χ2n) is 5.61. The molecule has 5 nitrogen and oxygen atoms in total. The third-order valence-corrected chi connectivity index (χ3v) is 4.17. The summed E-state index contributed by atoms with van der Waals surface area (Å²) < 4.78 is 5.65. The van der Waals surface area contributed by atoms with Crippen LogP contribution in [-0.2, 0) is 9.53 Å². The fourth-order valence-corrected chi connectivity index (χ4v) is 2.42. The molecule has 5 heteroatoms. The average Bonchev–Trinajstić information content (AvgIpc) is 2.43. The number of morpholine rings is 1. The van der Waals surface area contributed by atoms with Crippen molar-refractivity contribution in [2.45, 2.75) is 51.2 Å². The van der Waals surface area contributed by atoms with E-state index >= 15 is 0 Å². The van der Waals surface area contributed by atoms with Crippen LogP contribution in [0.1, 0.15) is 39.5 Å². The molecule has 1 aliphatic rings. The molecule has 2 unspecified atom stereocenters. The Morgan fingerprint density at radius 3 is 2.84 bits per heavy atom. The highest BCUT2D eigenvalue weighted by Crippen LogP contribution is 2.14. The zero-order valence-electron chi connectivity index (χ0n) is 12.6. The molecule has 3 N–H and O–H groups in total. The quantitative estimate of drug-likeness (QED) is 0.639. The molecule has 0 spiro atoms. The third-order valence-electron chi connectivity index (χ3n) is 4.17. The van der Waals surface area contributed by atoms with Crippen molar-refractivity contribution in [1.29, 1.82) is 0 Å². The van der Waals surface area contributed by atoms with Gasteiger partial charge >= 0.3 is 0 Å². The molecule has 0 radical (unpaired) electrons. The van der Waals surface area contributed by atoms with Crippen LogP contribution in [0.25, 0.3) is 0 Å². The Bertz CT molecular complexity index is 286. The molecular weight excluding hydrogens is 242 g/mol. The standard InChI is InChI=1S/C14H29N3O2/c1-4-12-11-17(9-10-19-12)8-6-5-7-14(2,16-3)13(15)18/h12,16H,4-11H2,1-3H3,(H2,15,18). The van der Waals surface area contributed by atoms with Crippen LogP contribution >= 0.6 is 0 Å². The lowest BCUT2D eigenvalue weighted by molar-refractivity contribution is -0.123. The Hall–Kier alpha value is -0.650. The fourth-order valence-electron chi connectivity index (χ4n) is 2.42. The first-order valence-corrected chi connectivity index (χ1v) is 7.34. The van der Waals surface area contributed by atoms with Crippen molar-refractivity contribution < 1.29 is 9.53 Å². The van der Waals surface area contributed by atoms with Crippen LogP contribution in [0.3, 0.4) is 0 Å². The SMILES string of the molecule is CCC1CN(CCCCC(C)(NC)C(N)=O)CCO1. The molecule has 112 valence electrons. The minimum absolute atomic E-state index is 0.271. The van der Waals surface area contributed by atoms with Gasteiger partial charge in [-0.05, 0) is 46.2 Å². The predicted octanol–water partition coefficient (Wildman–Crippen LogP) is 0.731. The lowest BCUT2D eigenvalue weighted by Gasteiger charge is -2.32. The van der Waals surface area contributed by atoms with E-state index in [1.54, 1.807) is 7.05 Å². The first kappa shape index (κ1) is 16.4. The van der Waals surface area contributed by atoms with Crippen LogP contribution < -0.4 is 11.1 Å². The van der Waals surface area contributed by atoms with Crippen LogP contribution in [0.2, 0.25) is 0 Å². The van der Waals surface area contributed by atoms with Gasteiger partial charge in [0, 0.05) is 13.1 Å². The summed E-state index contributed by atoms with van der Waals surface area (Å²) in [5.41, 5.74) is 4.84. The predicted molar refractivity (Wildman–Crippen MR) is 77.0 cm³/mol. The van der Waals surface area contributed by atoms with Crippen molar-refractivity contribution in [1.82, 2.24) is 10.2 Å². The van der Waals surface area contributed by atoms with Gasteiger partial charge in [-0.1, -0.05) is 6.92 Å². The van der Waals surface area contributed by atoms with E-state index in [9.17, 15) is 4.79 Å². The second kappa shape index (κ2) is 7.82. The minimum Gasteiger partial charge on any atom is -0.376 e. The van der Waals surface area contributed by atoms with Gasteiger partial charge in [0.1, 0.15) is 0 Å². The number of rotatable bonds is 8. The van der Waals surface area contributed by atoms with Crippen LogP contribution in [0.15, 0.2) is 0 Å². The molecular formula is C14H29N3O2. The number of carbonyl (C=O) groups excluding carboxylic acids is 1. The van der Waals surface area contributed by atoms with Crippen molar-refractivity contribution in [3.05, 3.63) is 0 Å². The molecule has 1 aliphatic heterocycles. The van der Waals surface area contributed by atoms with Crippen LogP contribution in [0.4, 0.5) is 0 Å². The van der Waals surface area contributed by atoms with Crippen LogP contribution in [-0.4, -0.2) is 55.7 Å². The number of ether oxygens (including phenoxy) is 1. The number of nitrogens with one attached hydrogen (secondary N) is 1. The summed E-state index contributed by atoms with van der Waals surface area (Å²) in [6.07, 6.45) is 4.37. The zero-order valence-corrected chi connectivity index (χ0v) is 12.6. The Balaban J connectivity index is 2.21. The molecule has 0 aromatic carbocycles. The molecule has 19 heavy (non-hydrogen) atoms. The minimum atomic E-state index is -0.572. The Labute approximate surface area is 116 Å². The molecule has 1 amide bonds. The fraction of sp³-hybridized carbons (Fsp3) is 0.929. The van der Waals surface area contributed by atoms with Crippen molar-refractivity contribution >= 4 is 5.91 Å². The number of amides is 1. The van der Waals surface area contributed by atoms with Gasteiger partial charge in [0.25, 0.3) is 0 Å². The highest BCUT2D eigenvalue weighted by molar-refractivity contribution is 5.84. The van der Waals surface area contributed by atoms with Gasteiger partial charge in [-0.3, -0.25) is 9.69 Å². The van der Waals surface area contributed by atoms with Crippen LogP contribution in [0.5, 0.6) is 0 Å². The zero-order chi connectivity index (χ0) is 14.3. The third kappa shape index (κ3) is 5.09. The Kier molecular flexibility index (Phi) is 6.75. The molecule has 0 aromatic heterocycles. The first-order chi connectivity index (χ1) is 9.01. The normalized spacial score (nSPS) is 24.1. The molecule has 0 aromatic rings. The maximum Gasteiger partial charge on any atom is 0.237 e. The number of likely N-dealkylation sites (N-methyl/N-ethyl adjacent to an activating group) is 1. The maximum absolute atomic E-state index is 11.4. The molecule has 0 saturated carbocycles. The van der Waals surface area contributed by atoms with E-state index in [1.165, 1.54) is 0 Å². The van der Waals surface area contributed by atoms with Gasteiger partial charge in [0.2, 0.25) is 5.91 Å². The average molecular weight is 271 g/mol. The maximum atomic E-state index is 11.4. The van der Waals surface area contributed by atoms with E-state index in [1.807, 2.05) is 6.92 Å². The highest BCUT2D eigenvalue weighted by Gasteiger charge is 2.28. The van der Waals surface area contributed by atoms with Crippen LogP contribution in [0, 0.1) is 0 Å². The monoisotopic (exact) mass is 271 g/mol. The number of nitrogens with zero attached hydrogens (tertiary/aromatic N) is 1. The highest BCUT2D eigenvalue weighted by atomic mass is 16.5. The Morgan fingerprint density at radius 1 is 1.53 bits per heavy atom. The van der Waals surface area contributed by atoms with E-state index in [0.717, 1.165) is 51.9 Å². The van der Waals surface area contributed by atoms with E-state index in [0.29, 0.717) is 6.10 Å². The van der Waals surface area contributed by atoms with E-state index < -0.39 is 5.54 Å². The summed E-state index contributed by atoms with van der Waals surface area (Å²) in [7, 11) is 1.79. The van der Waals surface area contributed by atoms with E-state index in [4.69, 9.17) is 10.5 Å². The largest absolute Gasteiger partial charge is 0.376 e. The first-order valence-electron chi connectivity index (χ1n) is 7.34. The lowest BCUT2D eigenvalue weighted by atomic mass is 9.94. The summed E-state index contributed by atoms with van der Waals surface area (Å²) in [6, 6.07) is 0. The number of hydrogen-bond acceptors (Lipinski definition) is 4. The summed E-state index contributed by atoms with van der Waals surface area (Å²) in [5, 5.41) is 3.02. The molecule has 1 heterocycles. The Morgan fingerprint density at radius 2 is 2.26 bits per heavy atom. The number of nitrogens with two attached hydrogens (primary N) is 1. The molecule has 0 bridgehead atoms. The summed E-state index contributed by atoms with van der Waals surface area (Å²) in [6.45, 7) is 8.02. The van der Waals surface area contributed by atoms with Gasteiger partial charge in [-0.25, -0.2) is 0 Å². The van der Waals surface area contributed by atoms with Gasteiger partial charge in [0.15, 0.2) is 0 Å². The number of unbranched alkanes of at least 4 members (excludes halogenated alkanes) is 1.